The van der Waals surface area contributed by atoms with Crippen molar-refractivity contribution in [1.29, 1.82) is 0 Å². The van der Waals surface area contributed by atoms with Gasteiger partial charge in [-0.25, -0.2) is 0 Å². The average molecular weight is 273 g/mol. The quantitative estimate of drug-likeness (QED) is 0.763. The molecule has 0 spiro atoms. The van der Waals surface area contributed by atoms with E-state index in [9.17, 15) is 4.79 Å². The van der Waals surface area contributed by atoms with Gasteiger partial charge in [0.25, 0.3) is 5.91 Å². The highest BCUT2D eigenvalue weighted by Gasteiger charge is 2.29. The maximum absolute atomic E-state index is 12.7. The minimum atomic E-state index is -0.0311. The molecule has 2 N–H and O–H groups in total. The van der Waals surface area contributed by atoms with Crippen LogP contribution in [0.25, 0.3) is 0 Å². The first kappa shape index (κ1) is 14.5. The Morgan fingerprint density at radius 2 is 2.40 bits per heavy atom. The second-order valence-corrected chi connectivity index (χ2v) is 4.88. The van der Waals surface area contributed by atoms with Crippen molar-refractivity contribution in [3.63, 3.8) is 0 Å². The first-order valence-electron chi connectivity index (χ1n) is 6.69. The first-order valence-corrected chi connectivity index (χ1v) is 6.69. The van der Waals surface area contributed by atoms with Crippen LogP contribution in [0, 0.1) is 11.8 Å². The van der Waals surface area contributed by atoms with E-state index in [1.54, 1.807) is 18.5 Å². The fourth-order valence-corrected chi connectivity index (χ4v) is 2.17. The SMILES string of the molecule is CC1CN(C(=O)c2ccncc2C#CCN)C(C)CO1. The standard InChI is InChI=1S/C15H19N3O2/c1-11-10-20-12(2)9-18(11)15(19)14-5-7-17-8-13(14)4-3-6-16/h5,7-8,11-12H,6,9-10,16H2,1-2H3. The number of nitrogens with two attached hydrogens (primary N) is 1. The topological polar surface area (TPSA) is 68.5 Å². The molecule has 2 rings (SSSR count). The van der Waals surface area contributed by atoms with E-state index in [2.05, 4.69) is 16.8 Å². The number of rotatable bonds is 1. The molecule has 1 amide bonds. The maximum atomic E-state index is 12.7. The number of ether oxygens (including phenoxy) is 1. The summed E-state index contributed by atoms with van der Waals surface area (Å²) in [6.07, 6.45) is 3.26. The predicted molar refractivity (Wildman–Crippen MR) is 76.1 cm³/mol. The van der Waals surface area contributed by atoms with Crippen molar-refractivity contribution in [3.05, 3.63) is 29.6 Å². The molecule has 1 aromatic heterocycles. The van der Waals surface area contributed by atoms with Crippen molar-refractivity contribution in [2.45, 2.75) is 26.0 Å². The van der Waals surface area contributed by atoms with Gasteiger partial charge in [-0.3, -0.25) is 9.78 Å². The zero-order valence-electron chi connectivity index (χ0n) is 11.8. The molecule has 0 aromatic carbocycles. The summed E-state index contributed by atoms with van der Waals surface area (Å²) in [5.41, 5.74) is 6.57. The number of amides is 1. The monoisotopic (exact) mass is 273 g/mol. The van der Waals surface area contributed by atoms with Gasteiger partial charge in [-0.15, -0.1) is 0 Å². The number of carbonyl (C=O) groups is 1. The predicted octanol–water partition coefficient (Wildman–Crippen LogP) is 0.641. The van der Waals surface area contributed by atoms with Gasteiger partial charge in [0.1, 0.15) is 0 Å². The summed E-state index contributed by atoms with van der Waals surface area (Å²) in [7, 11) is 0. The number of hydrogen-bond donors (Lipinski definition) is 1. The lowest BCUT2D eigenvalue weighted by molar-refractivity contribution is -0.0387. The number of morpholine rings is 1. The van der Waals surface area contributed by atoms with Crippen molar-refractivity contribution in [1.82, 2.24) is 9.88 Å². The van der Waals surface area contributed by atoms with E-state index < -0.39 is 0 Å². The van der Waals surface area contributed by atoms with E-state index in [1.807, 2.05) is 18.7 Å². The number of nitrogens with zero attached hydrogens (tertiary/aromatic N) is 2. The first-order chi connectivity index (χ1) is 9.63. The van der Waals surface area contributed by atoms with Crippen LogP contribution in [0.4, 0.5) is 0 Å². The van der Waals surface area contributed by atoms with E-state index in [1.165, 1.54) is 0 Å². The fourth-order valence-electron chi connectivity index (χ4n) is 2.17. The summed E-state index contributed by atoms with van der Waals surface area (Å²) in [4.78, 5) is 18.5. The highest BCUT2D eigenvalue weighted by molar-refractivity contribution is 5.96. The van der Waals surface area contributed by atoms with E-state index >= 15 is 0 Å². The molecule has 0 radical (unpaired) electrons. The van der Waals surface area contributed by atoms with Gasteiger partial charge in [0.05, 0.1) is 36.4 Å². The van der Waals surface area contributed by atoms with Crippen molar-refractivity contribution < 1.29 is 9.53 Å². The molecule has 20 heavy (non-hydrogen) atoms. The third kappa shape index (κ3) is 3.16. The zero-order chi connectivity index (χ0) is 14.5. The van der Waals surface area contributed by atoms with Gasteiger partial charge in [-0.05, 0) is 19.9 Å². The van der Waals surface area contributed by atoms with Crippen molar-refractivity contribution in [2.75, 3.05) is 19.7 Å². The smallest absolute Gasteiger partial charge is 0.255 e. The minimum absolute atomic E-state index is 0.0311. The molecule has 2 heterocycles. The minimum Gasteiger partial charge on any atom is -0.375 e. The molecular weight excluding hydrogens is 254 g/mol. The normalized spacial score (nSPS) is 22.1. The molecular formula is C15H19N3O2. The molecule has 106 valence electrons. The molecule has 0 bridgehead atoms. The number of hydrogen-bond acceptors (Lipinski definition) is 4. The molecule has 5 heteroatoms. The van der Waals surface area contributed by atoms with Crippen LogP contribution < -0.4 is 5.73 Å². The summed E-state index contributed by atoms with van der Waals surface area (Å²) >= 11 is 0. The third-order valence-corrected chi connectivity index (χ3v) is 3.25. The van der Waals surface area contributed by atoms with Gasteiger partial charge in [0.2, 0.25) is 0 Å². The zero-order valence-corrected chi connectivity index (χ0v) is 11.8. The lowest BCUT2D eigenvalue weighted by Crippen LogP contribution is -2.50. The van der Waals surface area contributed by atoms with Crippen LogP contribution >= 0.6 is 0 Å². The molecule has 1 saturated heterocycles. The summed E-state index contributed by atoms with van der Waals surface area (Å²) in [5.74, 6) is 5.64. The van der Waals surface area contributed by atoms with Gasteiger partial charge < -0.3 is 15.4 Å². The van der Waals surface area contributed by atoms with Gasteiger partial charge in [0.15, 0.2) is 0 Å². The lowest BCUT2D eigenvalue weighted by Gasteiger charge is -2.37. The van der Waals surface area contributed by atoms with E-state index in [0.717, 1.165) is 0 Å². The Bertz CT molecular complexity index is 548. The summed E-state index contributed by atoms with van der Waals surface area (Å²) in [5, 5.41) is 0. The van der Waals surface area contributed by atoms with Crippen LogP contribution in [0.5, 0.6) is 0 Å². The fraction of sp³-hybridized carbons (Fsp3) is 0.467. The van der Waals surface area contributed by atoms with Gasteiger partial charge in [-0.2, -0.15) is 0 Å². The molecule has 2 atom stereocenters. The summed E-state index contributed by atoms with van der Waals surface area (Å²) in [6.45, 7) is 5.35. The average Bonchev–Trinajstić information content (AvgIpc) is 2.47. The largest absolute Gasteiger partial charge is 0.375 e. The van der Waals surface area contributed by atoms with Gasteiger partial charge >= 0.3 is 0 Å². The van der Waals surface area contributed by atoms with Crippen LogP contribution in [-0.2, 0) is 4.74 Å². The van der Waals surface area contributed by atoms with E-state index in [0.29, 0.717) is 24.3 Å². The molecule has 0 aliphatic carbocycles. The molecule has 1 aliphatic rings. The second kappa shape index (κ2) is 6.51. The van der Waals surface area contributed by atoms with Crippen LogP contribution in [0.3, 0.4) is 0 Å². The summed E-state index contributed by atoms with van der Waals surface area (Å²) in [6, 6.07) is 1.76. The highest BCUT2D eigenvalue weighted by atomic mass is 16.5. The van der Waals surface area contributed by atoms with Gasteiger partial charge in [0, 0.05) is 18.9 Å². The van der Waals surface area contributed by atoms with Crippen molar-refractivity contribution in [2.24, 2.45) is 5.73 Å². The Morgan fingerprint density at radius 1 is 1.60 bits per heavy atom. The maximum Gasteiger partial charge on any atom is 0.255 e. The second-order valence-electron chi connectivity index (χ2n) is 4.88. The van der Waals surface area contributed by atoms with Gasteiger partial charge in [-0.1, -0.05) is 11.8 Å². The Hall–Kier alpha value is -1.90. The Kier molecular flexibility index (Phi) is 4.72. The van der Waals surface area contributed by atoms with Crippen LogP contribution in [0.2, 0.25) is 0 Å². The number of carbonyl (C=O) groups excluding carboxylic acids is 1. The van der Waals surface area contributed by atoms with E-state index in [4.69, 9.17) is 10.5 Å². The Morgan fingerprint density at radius 3 is 3.15 bits per heavy atom. The third-order valence-electron chi connectivity index (χ3n) is 3.25. The van der Waals surface area contributed by atoms with Crippen LogP contribution in [-0.4, -0.2) is 47.6 Å². The molecule has 1 aromatic rings. The van der Waals surface area contributed by atoms with Crippen molar-refractivity contribution >= 4 is 5.91 Å². The Labute approximate surface area is 119 Å². The highest BCUT2D eigenvalue weighted by Crippen LogP contribution is 2.17. The van der Waals surface area contributed by atoms with E-state index in [-0.39, 0.29) is 24.6 Å². The van der Waals surface area contributed by atoms with Crippen molar-refractivity contribution in [3.8, 4) is 11.8 Å². The summed E-state index contributed by atoms with van der Waals surface area (Å²) < 4.78 is 5.55. The molecule has 2 unspecified atom stereocenters. The Balaban J connectivity index is 2.28. The molecule has 1 aliphatic heterocycles. The van der Waals surface area contributed by atoms with Crippen LogP contribution in [0.15, 0.2) is 18.5 Å². The molecule has 5 nitrogen and oxygen atoms in total. The number of aromatic nitrogens is 1. The van der Waals surface area contributed by atoms with Crippen LogP contribution in [0.1, 0.15) is 29.8 Å². The molecule has 0 saturated carbocycles. The number of pyridine rings is 1. The lowest BCUT2D eigenvalue weighted by atomic mass is 10.1. The molecule has 1 fully saturated rings.